The molecule has 4 heteroatoms. The lowest BCUT2D eigenvalue weighted by Crippen LogP contribution is -2.42. The third-order valence-electron chi connectivity index (χ3n) is 3.53. The van der Waals surface area contributed by atoms with Crippen molar-refractivity contribution in [2.45, 2.75) is 20.4 Å². The number of halogens is 2. The van der Waals surface area contributed by atoms with E-state index in [1.54, 1.807) is 6.07 Å². The molecular weight excluding hydrogens is 246 g/mol. The smallest absolute Gasteiger partial charge is 0.130 e. The first-order chi connectivity index (χ1) is 9.04. The molecule has 1 heterocycles. The molecule has 1 aliphatic rings. The van der Waals surface area contributed by atoms with E-state index < -0.39 is 11.6 Å². The Morgan fingerprint density at radius 2 is 1.79 bits per heavy atom. The van der Waals surface area contributed by atoms with Crippen LogP contribution in [0, 0.1) is 23.5 Å². The van der Waals surface area contributed by atoms with Crippen molar-refractivity contribution in [1.82, 2.24) is 10.2 Å². The molecule has 1 N–H and O–H groups in total. The second-order valence-electron chi connectivity index (χ2n) is 5.80. The van der Waals surface area contributed by atoms with Crippen molar-refractivity contribution >= 4 is 0 Å². The molecule has 1 aromatic carbocycles. The SMILES string of the molecule is CC1CNCC(C)CN(Cc2ccc(F)cc2F)C1. The molecule has 106 valence electrons. The molecule has 0 radical (unpaired) electrons. The normalized spacial score (nSPS) is 25.9. The van der Waals surface area contributed by atoms with Gasteiger partial charge >= 0.3 is 0 Å². The first-order valence-corrected chi connectivity index (χ1v) is 6.91. The number of nitrogens with one attached hydrogen (secondary N) is 1. The summed E-state index contributed by atoms with van der Waals surface area (Å²) in [5, 5.41) is 3.44. The molecule has 1 fully saturated rings. The summed E-state index contributed by atoms with van der Waals surface area (Å²) in [5.41, 5.74) is 0.578. The van der Waals surface area contributed by atoms with Gasteiger partial charge in [0, 0.05) is 31.3 Å². The predicted octanol–water partition coefficient (Wildman–Crippen LogP) is 2.64. The lowest BCUT2D eigenvalue weighted by Gasteiger charge is -2.31. The van der Waals surface area contributed by atoms with Crippen LogP contribution in [0.15, 0.2) is 18.2 Å². The van der Waals surface area contributed by atoms with Crippen molar-refractivity contribution < 1.29 is 8.78 Å². The summed E-state index contributed by atoms with van der Waals surface area (Å²) in [5.74, 6) is 0.118. The molecule has 2 nitrogen and oxygen atoms in total. The summed E-state index contributed by atoms with van der Waals surface area (Å²) in [7, 11) is 0. The largest absolute Gasteiger partial charge is 0.316 e. The second-order valence-corrected chi connectivity index (χ2v) is 5.80. The minimum absolute atomic E-state index is 0.444. The van der Waals surface area contributed by atoms with E-state index in [2.05, 4.69) is 24.1 Å². The summed E-state index contributed by atoms with van der Waals surface area (Å²) in [4.78, 5) is 2.27. The molecule has 0 aliphatic carbocycles. The van der Waals surface area contributed by atoms with E-state index in [9.17, 15) is 8.78 Å². The van der Waals surface area contributed by atoms with Crippen LogP contribution in [-0.2, 0) is 6.54 Å². The molecule has 0 bridgehead atoms. The number of hydrogen-bond acceptors (Lipinski definition) is 2. The second kappa shape index (κ2) is 6.44. The van der Waals surface area contributed by atoms with Gasteiger partial charge in [0.1, 0.15) is 11.6 Å². The van der Waals surface area contributed by atoms with Crippen LogP contribution in [0.3, 0.4) is 0 Å². The van der Waals surface area contributed by atoms with Crippen LogP contribution in [-0.4, -0.2) is 31.1 Å². The van der Waals surface area contributed by atoms with Gasteiger partial charge in [-0.05, 0) is 31.0 Å². The number of nitrogens with zero attached hydrogens (tertiary/aromatic N) is 1. The standard InChI is InChI=1S/C15H22F2N2/c1-11-6-18-7-12(2)9-19(8-11)10-13-3-4-14(16)5-15(13)17/h3-5,11-12,18H,6-10H2,1-2H3. The summed E-state index contributed by atoms with van der Waals surface area (Å²) in [6.45, 7) is 8.80. The Morgan fingerprint density at radius 3 is 2.37 bits per heavy atom. The monoisotopic (exact) mass is 268 g/mol. The Labute approximate surface area is 113 Å². The van der Waals surface area contributed by atoms with Crippen LogP contribution in [0.1, 0.15) is 19.4 Å². The fraction of sp³-hybridized carbons (Fsp3) is 0.600. The molecule has 1 saturated heterocycles. The van der Waals surface area contributed by atoms with E-state index in [0.717, 1.165) is 32.2 Å². The summed E-state index contributed by atoms with van der Waals surface area (Å²) < 4.78 is 26.6. The average molecular weight is 268 g/mol. The minimum atomic E-state index is -0.514. The summed E-state index contributed by atoms with van der Waals surface area (Å²) in [6, 6.07) is 3.85. The van der Waals surface area contributed by atoms with Crippen LogP contribution in [0.2, 0.25) is 0 Å². The molecule has 0 aromatic heterocycles. The third kappa shape index (κ3) is 4.25. The van der Waals surface area contributed by atoms with E-state index in [4.69, 9.17) is 0 Å². The molecule has 2 atom stereocenters. The van der Waals surface area contributed by atoms with E-state index in [0.29, 0.717) is 23.9 Å². The molecule has 2 rings (SSSR count). The van der Waals surface area contributed by atoms with Gasteiger partial charge in [0.05, 0.1) is 0 Å². The van der Waals surface area contributed by atoms with Gasteiger partial charge in [0.25, 0.3) is 0 Å². The number of benzene rings is 1. The fourth-order valence-electron chi connectivity index (χ4n) is 2.68. The highest BCUT2D eigenvalue weighted by atomic mass is 19.1. The van der Waals surface area contributed by atoms with Crippen LogP contribution < -0.4 is 5.32 Å². The molecular formula is C15H22F2N2. The van der Waals surface area contributed by atoms with Crippen LogP contribution in [0.25, 0.3) is 0 Å². The quantitative estimate of drug-likeness (QED) is 0.887. The van der Waals surface area contributed by atoms with E-state index >= 15 is 0 Å². The van der Waals surface area contributed by atoms with Crippen molar-refractivity contribution in [1.29, 1.82) is 0 Å². The topological polar surface area (TPSA) is 15.3 Å². The Morgan fingerprint density at radius 1 is 1.16 bits per heavy atom. The maximum Gasteiger partial charge on any atom is 0.130 e. The molecule has 0 spiro atoms. The molecule has 0 saturated carbocycles. The highest BCUT2D eigenvalue weighted by Gasteiger charge is 2.18. The first kappa shape index (κ1) is 14.4. The van der Waals surface area contributed by atoms with Gasteiger partial charge in [-0.3, -0.25) is 4.90 Å². The molecule has 1 aromatic rings. The van der Waals surface area contributed by atoms with Crippen molar-refractivity contribution in [2.75, 3.05) is 26.2 Å². The molecule has 19 heavy (non-hydrogen) atoms. The average Bonchev–Trinajstić information content (AvgIpc) is 2.30. The Balaban J connectivity index is 2.06. The van der Waals surface area contributed by atoms with Gasteiger partial charge in [-0.15, -0.1) is 0 Å². The maximum absolute atomic E-state index is 13.7. The lowest BCUT2D eigenvalue weighted by atomic mass is 10.0. The zero-order chi connectivity index (χ0) is 13.8. The number of hydrogen-bond donors (Lipinski definition) is 1. The first-order valence-electron chi connectivity index (χ1n) is 6.91. The van der Waals surface area contributed by atoms with E-state index in [1.165, 1.54) is 6.07 Å². The zero-order valence-electron chi connectivity index (χ0n) is 11.6. The number of rotatable bonds is 2. The lowest BCUT2D eigenvalue weighted by molar-refractivity contribution is 0.177. The van der Waals surface area contributed by atoms with E-state index in [1.807, 2.05) is 0 Å². The van der Waals surface area contributed by atoms with Gasteiger partial charge < -0.3 is 5.32 Å². The highest BCUT2D eigenvalue weighted by Crippen LogP contribution is 2.15. The summed E-state index contributed by atoms with van der Waals surface area (Å²) >= 11 is 0. The van der Waals surface area contributed by atoms with Crippen LogP contribution >= 0.6 is 0 Å². The fourth-order valence-corrected chi connectivity index (χ4v) is 2.68. The van der Waals surface area contributed by atoms with Crippen molar-refractivity contribution in [3.63, 3.8) is 0 Å². The van der Waals surface area contributed by atoms with Crippen molar-refractivity contribution in [2.24, 2.45) is 11.8 Å². The Bertz CT molecular complexity index is 411. The van der Waals surface area contributed by atoms with E-state index in [-0.39, 0.29) is 0 Å². The highest BCUT2D eigenvalue weighted by molar-refractivity contribution is 5.18. The van der Waals surface area contributed by atoms with Gasteiger partial charge in [-0.2, -0.15) is 0 Å². The zero-order valence-corrected chi connectivity index (χ0v) is 11.6. The maximum atomic E-state index is 13.7. The van der Waals surface area contributed by atoms with Crippen molar-refractivity contribution in [3.8, 4) is 0 Å². The minimum Gasteiger partial charge on any atom is -0.316 e. The van der Waals surface area contributed by atoms with Crippen molar-refractivity contribution in [3.05, 3.63) is 35.4 Å². The van der Waals surface area contributed by atoms with Crippen LogP contribution in [0.5, 0.6) is 0 Å². The van der Waals surface area contributed by atoms with Gasteiger partial charge in [0.2, 0.25) is 0 Å². The predicted molar refractivity (Wildman–Crippen MR) is 72.8 cm³/mol. The Hall–Kier alpha value is -1.00. The summed E-state index contributed by atoms with van der Waals surface area (Å²) in [6.07, 6.45) is 0. The van der Waals surface area contributed by atoms with Gasteiger partial charge in [-0.1, -0.05) is 19.9 Å². The molecule has 1 aliphatic heterocycles. The molecule has 0 amide bonds. The third-order valence-corrected chi connectivity index (χ3v) is 3.53. The van der Waals surface area contributed by atoms with Gasteiger partial charge in [-0.25, -0.2) is 8.78 Å². The Kier molecular flexibility index (Phi) is 4.88. The van der Waals surface area contributed by atoms with Gasteiger partial charge in [0.15, 0.2) is 0 Å². The van der Waals surface area contributed by atoms with Crippen LogP contribution in [0.4, 0.5) is 8.78 Å². The molecule has 2 unspecified atom stereocenters.